The van der Waals surface area contributed by atoms with Gasteiger partial charge in [-0.15, -0.1) is 11.3 Å². The minimum absolute atomic E-state index is 0.0219. The molecule has 0 saturated carbocycles. The third-order valence-corrected chi connectivity index (χ3v) is 7.24. The number of benzene rings is 2. The average Bonchev–Trinajstić information content (AvgIpc) is 3.43. The summed E-state index contributed by atoms with van der Waals surface area (Å²) in [5, 5.41) is 5.71. The summed E-state index contributed by atoms with van der Waals surface area (Å²) < 4.78 is 5.08. The lowest BCUT2D eigenvalue weighted by atomic mass is 9.74. The largest absolute Gasteiger partial charge is 0.385 e. The second-order valence-corrected chi connectivity index (χ2v) is 9.59. The highest BCUT2D eigenvalue weighted by atomic mass is 32.1. The molecule has 1 aliphatic heterocycles. The van der Waals surface area contributed by atoms with E-state index in [0.717, 1.165) is 27.4 Å². The number of thiazole rings is 1. The first-order chi connectivity index (χ1) is 16.9. The van der Waals surface area contributed by atoms with E-state index in [4.69, 9.17) is 4.74 Å². The van der Waals surface area contributed by atoms with E-state index >= 15 is 0 Å². The first-order valence-corrected chi connectivity index (χ1v) is 12.5. The molecule has 8 heteroatoms. The van der Waals surface area contributed by atoms with E-state index in [0.29, 0.717) is 13.0 Å². The number of aromatic nitrogens is 1. The first kappa shape index (κ1) is 24.8. The number of carbonyl (C=O) groups is 3. The molecule has 35 heavy (non-hydrogen) atoms. The number of nitrogens with one attached hydrogen (secondary N) is 1. The number of rotatable bonds is 10. The van der Waals surface area contributed by atoms with E-state index < -0.39 is 5.41 Å². The summed E-state index contributed by atoms with van der Waals surface area (Å²) in [5.74, 6) is -0.861. The Morgan fingerprint density at radius 2 is 1.89 bits per heavy atom. The van der Waals surface area contributed by atoms with Crippen LogP contribution in [-0.2, 0) is 31.1 Å². The smallest absolute Gasteiger partial charge is 0.240 e. The molecule has 182 valence electrons. The quantitative estimate of drug-likeness (QED) is 0.344. The monoisotopic (exact) mass is 491 g/mol. The molecule has 1 atom stereocenters. The zero-order chi connectivity index (χ0) is 24.8. The highest BCUT2D eigenvalue weighted by Gasteiger charge is 2.53. The maximum absolute atomic E-state index is 13.6. The number of hydrogen-bond donors (Lipinski definition) is 1. The predicted molar refractivity (Wildman–Crippen MR) is 135 cm³/mol. The lowest BCUT2D eigenvalue weighted by Crippen LogP contribution is -2.43. The van der Waals surface area contributed by atoms with Gasteiger partial charge in [0.05, 0.1) is 17.7 Å². The van der Waals surface area contributed by atoms with Gasteiger partial charge < -0.3 is 10.1 Å². The number of imide groups is 1. The molecule has 4 rings (SSSR count). The molecule has 0 unspecified atom stereocenters. The zero-order valence-electron chi connectivity index (χ0n) is 20.0. The van der Waals surface area contributed by atoms with Gasteiger partial charge in [0.1, 0.15) is 5.01 Å². The van der Waals surface area contributed by atoms with Crippen molar-refractivity contribution in [1.29, 1.82) is 0 Å². The van der Waals surface area contributed by atoms with Crippen molar-refractivity contribution in [2.75, 3.05) is 20.3 Å². The first-order valence-electron chi connectivity index (χ1n) is 11.6. The second-order valence-electron chi connectivity index (χ2n) is 8.73. The Morgan fingerprint density at radius 1 is 1.14 bits per heavy atom. The van der Waals surface area contributed by atoms with Gasteiger partial charge in [-0.3, -0.25) is 19.3 Å². The van der Waals surface area contributed by atoms with Gasteiger partial charge in [0.2, 0.25) is 17.7 Å². The summed E-state index contributed by atoms with van der Waals surface area (Å²) in [7, 11) is 1.58. The fourth-order valence-corrected chi connectivity index (χ4v) is 5.40. The van der Waals surface area contributed by atoms with Crippen LogP contribution >= 0.6 is 11.3 Å². The predicted octanol–water partition coefficient (Wildman–Crippen LogP) is 3.86. The molecule has 3 amide bonds. The Bertz CT molecular complexity index is 1210. The number of ether oxygens (including phenoxy) is 1. The average molecular weight is 492 g/mol. The molecule has 1 aliphatic rings. The van der Waals surface area contributed by atoms with E-state index in [2.05, 4.69) is 10.3 Å². The summed E-state index contributed by atoms with van der Waals surface area (Å²) in [5.41, 5.74) is 2.17. The minimum atomic E-state index is -1.21. The van der Waals surface area contributed by atoms with Crippen molar-refractivity contribution in [3.05, 3.63) is 76.8 Å². The van der Waals surface area contributed by atoms with Crippen LogP contribution in [0.15, 0.2) is 60.0 Å². The minimum Gasteiger partial charge on any atom is -0.385 e. The van der Waals surface area contributed by atoms with Gasteiger partial charge in [-0.25, -0.2) is 4.98 Å². The maximum atomic E-state index is 13.6. The van der Waals surface area contributed by atoms with Crippen LogP contribution in [0.5, 0.6) is 0 Å². The molecule has 1 saturated heterocycles. The van der Waals surface area contributed by atoms with Gasteiger partial charge in [-0.2, -0.15) is 0 Å². The van der Waals surface area contributed by atoms with Crippen molar-refractivity contribution in [2.45, 2.75) is 38.1 Å². The number of hydrogen-bond acceptors (Lipinski definition) is 6. The Hall–Kier alpha value is -3.36. The van der Waals surface area contributed by atoms with Crippen LogP contribution in [0.2, 0.25) is 0 Å². The van der Waals surface area contributed by atoms with Crippen molar-refractivity contribution in [1.82, 2.24) is 15.2 Å². The molecule has 0 radical (unpaired) electrons. The van der Waals surface area contributed by atoms with Gasteiger partial charge in [-0.05, 0) is 24.5 Å². The second kappa shape index (κ2) is 10.9. The summed E-state index contributed by atoms with van der Waals surface area (Å²) >= 11 is 1.52. The molecule has 0 spiro atoms. The van der Waals surface area contributed by atoms with Crippen molar-refractivity contribution < 1.29 is 19.1 Å². The van der Waals surface area contributed by atoms with Crippen molar-refractivity contribution >= 4 is 29.1 Å². The highest BCUT2D eigenvalue weighted by molar-refractivity contribution is 7.13. The Kier molecular flexibility index (Phi) is 7.73. The molecule has 1 fully saturated rings. The summed E-state index contributed by atoms with van der Waals surface area (Å²) in [4.78, 5) is 45.6. The van der Waals surface area contributed by atoms with E-state index in [-0.39, 0.29) is 43.7 Å². The lowest BCUT2D eigenvalue weighted by Gasteiger charge is -2.28. The number of amides is 3. The van der Waals surface area contributed by atoms with E-state index in [9.17, 15) is 14.4 Å². The molecular weight excluding hydrogens is 462 g/mol. The van der Waals surface area contributed by atoms with Gasteiger partial charge in [0.15, 0.2) is 0 Å². The van der Waals surface area contributed by atoms with Crippen molar-refractivity contribution in [3.8, 4) is 10.6 Å². The van der Waals surface area contributed by atoms with Crippen LogP contribution in [-0.4, -0.2) is 47.9 Å². The van der Waals surface area contributed by atoms with E-state index in [1.165, 1.54) is 16.2 Å². The molecule has 2 heterocycles. The number of carbonyl (C=O) groups excluding carboxylic acids is 3. The van der Waals surface area contributed by atoms with Crippen LogP contribution in [0.1, 0.15) is 36.1 Å². The molecule has 3 aromatic rings. The maximum Gasteiger partial charge on any atom is 0.240 e. The standard InChI is InChI=1S/C27H29N3O4S/c1-19-9-6-7-12-22(19)27(16-24(32)30(26(27)33)13-8-14-34-2)15-23(31)28-17-21-18-35-25(29-21)20-10-4-3-5-11-20/h3-7,9-12,18H,8,13-17H2,1-2H3,(H,28,31)/t27-/m0/s1. The summed E-state index contributed by atoms with van der Waals surface area (Å²) in [6.45, 7) is 2.89. The number of aryl methyl sites for hydroxylation is 1. The fourth-order valence-electron chi connectivity index (χ4n) is 4.57. The third kappa shape index (κ3) is 5.33. The van der Waals surface area contributed by atoms with Crippen LogP contribution < -0.4 is 5.32 Å². The number of methoxy groups -OCH3 is 1. The highest BCUT2D eigenvalue weighted by Crippen LogP contribution is 2.41. The SMILES string of the molecule is COCCCN1C(=O)C[C@@](CC(=O)NCc2csc(-c3ccccc3)n2)(c2ccccc2C)C1=O. The van der Waals surface area contributed by atoms with Crippen LogP contribution in [0, 0.1) is 6.92 Å². The van der Waals surface area contributed by atoms with Gasteiger partial charge in [0.25, 0.3) is 0 Å². The van der Waals surface area contributed by atoms with Gasteiger partial charge >= 0.3 is 0 Å². The summed E-state index contributed by atoms with van der Waals surface area (Å²) in [6.07, 6.45) is 0.433. The fraction of sp³-hybridized carbons (Fsp3) is 0.333. The summed E-state index contributed by atoms with van der Waals surface area (Å²) in [6, 6.07) is 17.3. The molecule has 0 bridgehead atoms. The van der Waals surface area contributed by atoms with Gasteiger partial charge in [0, 0.05) is 44.0 Å². The molecular formula is C27H29N3O4S. The molecule has 1 N–H and O–H groups in total. The zero-order valence-corrected chi connectivity index (χ0v) is 20.8. The Labute approximate surface area is 209 Å². The third-order valence-electron chi connectivity index (χ3n) is 6.30. The molecule has 0 aliphatic carbocycles. The molecule has 1 aromatic heterocycles. The lowest BCUT2D eigenvalue weighted by molar-refractivity contribution is -0.141. The van der Waals surface area contributed by atoms with Crippen molar-refractivity contribution in [3.63, 3.8) is 0 Å². The topological polar surface area (TPSA) is 88.6 Å². The van der Waals surface area contributed by atoms with Crippen LogP contribution in [0.3, 0.4) is 0 Å². The van der Waals surface area contributed by atoms with Crippen LogP contribution in [0.4, 0.5) is 0 Å². The van der Waals surface area contributed by atoms with E-state index in [1.54, 1.807) is 7.11 Å². The molecule has 2 aromatic carbocycles. The normalized spacial score (nSPS) is 17.7. The number of likely N-dealkylation sites (tertiary alicyclic amines) is 1. The molecule has 7 nitrogen and oxygen atoms in total. The Balaban J connectivity index is 1.51. The number of nitrogens with zero attached hydrogens (tertiary/aromatic N) is 2. The van der Waals surface area contributed by atoms with Crippen molar-refractivity contribution in [2.24, 2.45) is 0 Å². The van der Waals surface area contributed by atoms with Crippen LogP contribution in [0.25, 0.3) is 10.6 Å². The Morgan fingerprint density at radius 3 is 2.63 bits per heavy atom. The van der Waals surface area contributed by atoms with Gasteiger partial charge in [-0.1, -0.05) is 54.6 Å². The van der Waals surface area contributed by atoms with E-state index in [1.807, 2.05) is 66.9 Å².